The summed E-state index contributed by atoms with van der Waals surface area (Å²) in [6.45, 7) is 6.02. The monoisotopic (exact) mass is 273 g/mol. The van der Waals surface area contributed by atoms with Crippen LogP contribution in [0.5, 0.6) is 0 Å². The zero-order valence-corrected chi connectivity index (χ0v) is 11.6. The van der Waals surface area contributed by atoms with Crippen molar-refractivity contribution in [2.24, 2.45) is 10.2 Å². The van der Waals surface area contributed by atoms with E-state index in [2.05, 4.69) is 16.8 Å². The molecule has 1 aliphatic rings. The molecular weight excluding hydrogens is 258 g/mol. The number of carbonyl (C=O) groups excluding carboxylic acids is 1. The van der Waals surface area contributed by atoms with E-state index in [1.807, 2.05) is 37.3 Å². The highest BCUT2D eigenvalue weighted by Gasteiger charge is 2.27. The second-order valence-electron chi connectivity index (χ2n) is 4.02. The smallest absolute Gasteiger partial charge is 0.239 e. The van der Waals surface area contributed by atoms with Crippen LogP contribution in [0, 0.1) is 0 Å². The number of amidine groups is 1. The highest BCUT2D eigenvalue weighted by Crippen LogP contribution is 2.19. The van der Waals surface area contributed by atoms with Gasteiger partial charge in [-0.25, -0.2) is 0 Å². The lowest BCUT2D eigenvalue weighted by Gasteiger charge is -2.11. The molecule has 5 heteroatoms. The highest BCUT2D eigenvalue weighted by atomic mass is 32.2. The average molecular weight is 273 g/mol. The predicted molar refractivity (Wildman–Crippen MR) is 80.5 cm³/mol. The second kappa shape index (κ2) is 6.33. The van der Waals surface area contributed by atoms with Crippen molar-refractivity contribution in [3.63, 3.8) is 0 Å². The van der Waals surface area contributed by atoms with Gasteiger partial charge in [-0.3, -0.25) is 9.69 Å². The van der Waals surface area contributed by atoms with Crippen LogP contribution in [-0.2, 0) is 4.79 Å². The molecule has 1 aromatic rings. The minimum absolute atomic E-state index is 0.0521. The van der Waals surface area contributed by atoms with E-state index in [-0.39, 0.29) is 5.91 Å². The molecule has 0 radical (unpaired) electrons. The Balaban J connectivity index is 2.17. The van der Waals surface area contributed by atoms with Crippen LogP contribution in [0.3, 0.4) is 0 Å². The lowest BCUT2D eigenvalue weighted by molar-refractivity contribution is -0.123. The van der Waals surface area contributed by atoms with Crippen LogP contribution in [0.4, 0.5) is 0 Å². The van der Waals surface area contributed by atoms with E-state index in [1.165, 1.54) is 11.8 Å². The van der Waals surface area contributed by atoms with Gasteiger partial charge in [0.05, 0.1) is 11.5 Å². The van der Waals surface area contributed by atoms with E-state index < -0.39 is 0 Å². The molecule has 0 spiro atoms. The fourth-order valence-electron chi connectivity index (χ4n) is 1.64. The Hall–Kier alpha value is -1.88. The molecule has 0 aliphatic carbocycles. The van der Waals surface area contributed by atoms with Gasteiger partial charge in [0.2, 0.25) is 5.91 Å². The molecule has 1 aromatic carbocycles. The topological polar surface area (TPSA) is 45.0 Å². The van der Waals surface area contributed by atoms with Crippen LogP contribution in [-0.4, -0.2) is 34.0 Å². The molecule has 1 saturated heterocycles. The van der Waals surface area contributed by atoms with E-state index in [1.54, 1.807) is 11.0 Å². The Morgan fingerprint density at radius 3 is 2.89 bits per heavy atom. The summed E-state index contributed by atoms with van der Waals surface area (Å²) in [5, 5.41) is 9.01. The van der Waals surface area contributed by atoms with Crippen molar-refractivity contribution >= 4 is 28.5 Å². The Kier molecular flexibility index (Phi) is 4.52. The van der Waals surface area contributed by atoms with Gasteiger partial charge in [-0.2, -0.15) is 5.10 Å². The van der Waals surface area contributed by atoms with Crippen molar-refractivity contribution < 1.29 is 4.79 Å². The maximum Gasteiger partial charge on any atom is 0.239 e. The zero-order valence-electron chi connectivity index (χ0n) is 10.7. The van der Waals surface area contributed by atoms with Crippen molar-refractivity contribution in [2.45, 2.75) is 6.92 Å². The van der Waals surface area contributed by atoms with Gasteiger partial charge in [0.15, 0.2) is 5.17 Å². The maximum atomic E-state index is 11.6. The molecule has 1 aliphatic heterocycles. The first-order valence-electron chi connectivity index (χ1n) is 5.94. The van der Waals surface area contributed by atoms with Gasteiger partial charge in [-0.1, -0.05) is 48.2 Å². The van der Waals surface area contributed by atoms with Crippen LogP contribution in [0.15, 0.2) is 53.2 Å². The largest absolute Gasteiger partial charge is 0.285 e. The van der Waals surface area contributed by atoms with E-state index >= 15 is 0 Å². The SMILES string of the molecule is C=CCN1C(=O)CS/C1=N/N=C(/C)c1ccccc1. The summed E-state index contributed by atoms with van der Waals surface area (Å²) in [5.41, 5.74) is 1.85. The Labute approximate surface area is 116 Å². The third kappa shape index (κ3) is 3.32. The molecule has 0 bridgehead atoms. The molecule has 98 valence electrons. The molecule has 0 atom stereocenters. The van der Waals surface area contributed by atoms with E-state index in [0.717, 1.165) is 11.3 Å². The van der Waals surface area contributed by atoms with Crippen LogP contribution in [0.1, 0.15) is 12.5 Å². The third-order valence-electron chi connectivity index (χ3n) is 2.65. The van der Waals surface area contributed by atoms with E-state index in [4.69, 9.17) is 0 Å². The van der Waals surface area contributed by atoms with Crippen LogP contribution in [0.25, 0.3) is 0 Å². The van der Waals surface area contributed by atoms with Crippen LogP contribution < -0.4 is 0 Å². The van der Waals surface area contributed by atoms with Gasteiger partial charge >= 0.3 is 0 Å². The molecule has 4 nitrogen and oxygen atoms in total. The second-order valence-corrected chi connectivity index (χ2v) is 4.96. The zero-order chi connectivity index (χ0) is 13.7. The van der Waals surface area contributed by atoms with Crippen molar-refractivity contribution in [1.82, 2.24) is 4.90 Å². The number of hydrogen-bond donors (Lipinski definition) is 0. The maximum absolute atomic E-state index is 11.6. The van der Waals surface area contributed by atoms with Gasteiger partial charge in [0.25, 0.3) is 0 Å². The molecular formula is C14H15N3OS. The predicted octanol–water partition coefficient (Wildman–Crippen LogP) is 2.53. The molecule has 2 rings (SSSR count). The average Bonchev–Trinajstić information content (AvgIpc) is 2.79. The fourth-order valence-corrected chi connectivity index (χ4v) is 2.47. The standard InChI is InChI=1S/C14H15N3OS/c1-3-9-17-13(18)10-19-14(17)16-15-11(2)12-7-5-4-6-8-12/h3-8H,1,9-10H2,2H3/b15-11-,16-14+. The quantitative estimate of drug-likeness (QED) is 0.481. The number of amides is 1. The number of benzene rings is 1. The van der Waals surface area contributed by atoms with E-state index in [9.17, 15) is 4.79 Å². The molecule has 1 heterocycles. The summed E-state index contributed by atoms with van der Waals surface area (Å²) < 4.78 is 0. The van der Waals surface area contributed by atoms with Crippen LogP contribution in [0.2, 0.25) is 0 Å². The molecule has 0 aromatic heterocycles. The number of nitrogens with zero attached hydrogens (tertiary/aromatic N) is 3. The third-order valence-corrected chi connectivity index (χ3v) is 3.60. The molecule has 0 N–H and O–H groups in total. The highest BCUT2D eigenvalue weighted by molar-refractivity contribution is 8.15. The van der Waals surface area contributed by atoms with Crippen molar-refractivity contribution in [2.75, 3.05) is 12.3 Å². The molecule has 0 unspecified atom stereocenters. The molecule has 1 amide bonds. The number of rotatable bonds is 4. The van der Waals surface area contributed by atoms with E-state index in [0.29, 0.717) is 17.5 Å². The Bertz CT molecular complexity index is 537. The van der Waals surface area contributed by atoms with Gasteiger partial charge in [0, 0.05) is 6.54 Å². The van der Waals surface area contributed by atoms with Crippen molar-refractivity contribution in [3.05, 3.63) is 48.6 Å². The minimum Gasteiger partial charge on any atom is -0.285 e. The molecule has 1 fully saturated rings. The first kappa shape index (κ1) is 13.5. The van der Waals surface area contributed by atoms with Crippen LogP contribution >= 0.6 is 11.8 Å². The first-order valence-corrected chi connectivity index (χ1v) is 6.92. The minimum atomic E-state index is 0.0521. The summed E-state index contributed by atoms with van der Waals surface area (Å²) in [7, 11) is 0. The summed E-state index contributed by atoms with van der Waals surface area (Å²) in [4.78, 5) is 13.2. The van der Waals surface area contributed by atoms with Gasteiger partial charge in [-0.15, -0.1) is 11.7 Å². The lowest BCUT2D eigenvalue weighted by Crippen LogP contribution is -2.29. The molecule has 0 saturated carbocycles. The Morgan fingerprint density at radius 2 is 2.21 bits per heavy atom. The molecule has 19 heavy (non-hydrogen) atoms. The lowest BCUT2D eigenvalue weighted by atomic mass is 10.1. The summed E-state index contributed by atoms with van der Waals surface area (Å²) in [5.74, 6) is 0.475. The van der Waals surface area contributed by atoms with Crippen molar-refractivity contribution in [1.29, 1.82) is 0 Å². The van der Waals surface area contributed by atoms with Gasteiger partial charge < -0.3 is 0 Å². The first-order chi connectivity index (χ1) is 9.22. The van der Waals surface area contributed by atoms with Gasteiger partial charge in [0.1, 0.15) is 0 Å². The normalized spacial score (nSPS) is 18.2. The number of hydrogen-bond acceptors (Lipinski definition) is 4. The number of carbonyl (C=O) groups is 1. The van der Waals surface area contributed by atoms with Gasteiger partial charge in [-0.05, 0) is 12.5 Å². The summed E-state index contributed by atoms with van der Waals surface area (Å²) >= 11 is 1.41. The van der Waals surface area contributed by atoms with Crippen molar-refractivity contribution in [3.8, 4) is 0 Å². The summed E-state index contributed by atoms with van der Waals surface area (Å²) in [6, 6.07) is 9.83. The Morgan fingerprint density at radius 1 is 1.47 bits per heavy atom. The number of thioether (sulfide) groups is 1. The summed E-state index contributed by atoms with van der Waals surface area (Å²) in [6.07, 6.45) is 1.69. The fraction of sp³-hybridized carbons (Fsp3) is 0.214.